The van der Waals surface area contributed by atoms with E-state index in [9.17, 15) is 9.90 Å². The van der Waals surface area contributed by atoms with E-state index in [0.717, 1.165) is 37.2 Å². The maximum Gasteiger partial charge on any atom is 0.169 e. The summed E-state index contributed by atoms with van der Waals surface area (Å²) in [6.07, 6.45) is 2.65. The van der Waals surface area contributed by atoms with Crippen LogP contribution in [-0.4, -0.2) is 49.2 Å². The van der Waals surface area contributed by atoms with Crippen LogP contribution in [0, 0.1) is 5.92 Å². The van der Waals surface area contributed by atoms with Gasteiger partial charge in [-0.3, -0.25) is 9.69 Å². The molecular formula is C24H27NO4. The van der Waals surface area contributed by atoms with Gasteiger partial charge in [-0.1, -0.05) is 36.4 Å². The van der Waals surface area contributed by atoms with Crippen molar-refractivity contribution >= 4 is 5.78 Å². The second-order valence-corrected chi connectivity index (χ2v) is 7.73. The Bertz CT molecular complexity index is 922. The van der Waals surface area contributed by atoms with Crippen molar-refractivity contribution in [3.8, 4) is 11.5 Å². The van der Waals surface area contributed by atoms with Crippen LogP contribution in [-0.2, 0) is 13.0 Å². The van der Waals surface area contributed by atoms with Crippen molar-refractivity contribution in [3.63, 3.8) is 0 Å². The van der Waals surface area contributed by atoms with E-state index in [2.05, 4.69) is 35.2 Å². The molecule has 5 heteroatoms. The number of hydrogen-bond acceptors (Lipinski definition) is 5. The van der Waals surface area contributed by atoms with Gasteiger partial charge in [0.2, 0.25) is 0 Å². The van der Waals surface area contributed by atoms with Crippen LogP contribution in [0.25, 0.3) is 0 Å². The molecule has 152 valence electrons. The number of ketones is 1. The molecule has 2 aromatic rings. The molecule has 0 fully saturated rings. The van der Waals surface area contributed by atoms with Crippen LogP contribution in [0.15, 0.2) is 54.1 Å². The van der Waals surface area contributed by atoms with Crippen molar-refractivity contribution in [2.75, 3.05) is 27.3 Å². The Kier molecular flexibility index (Phi) is 5.69. The van der Waals surface area contributed by atoms with Gasteiger partial charge in [0.05, 0.1) is 26.2 Å². The first-order valence-corrected chi connectivity index (χ1v) is 10.0. The first kappa shape index (κ1) is 19.7. The highest BCUT2D eigenvalue weighted by atomic mass is 16.5. The molecule has 5 nitrogen and oxygen atoms in total. The predicted molar refractivity (Wildman–Crippen MR) is 111 cm³/mol. The number of rotatable bonds is 6. The van der Waals surface area contributed by atoms with Crippen molar-refractivity contribution < 1.29 is 19.4 Å². The fourth-order valence-corrected chi connectivity index (χ4v) is 4.34. The van der Waals surface area contributed by atoms with E-state index in [1.54, 1.807) is 20.3 Å². The summed E-state index contributed by atoms with van der Waals surface area (Å²) < 4.78 is 10.7. The average Bonchev–Trinajstić information content (AvgIpc) is 3.09. The molecule has 0 saturated heterocycles. The lowest BCUT2D eigenvalue weighted by Gasteiger charge is -2.29. The predicted octanol–water partition coefficient (Wildman–Crippen LogP) is 3.25. The summed E-state index contributed by atoms with van der Waals surface area (Å²) in [5, 5.41) is 11.0. The Labute approximate surface area is 171 Å². The molecule has 4 rings (SSSR count). The van der Waals surface area contributed by atoms with Gasteiger partial charge in [-0.2, -0.15) is 0 Å². The number of carbonyl (C=O) groups excluding carboxylic acids is 1. The van der Waals surface area contributed by atoms with E-state index in [1.807, 2.05) is 12.1 Å². The van der Waals surface area contributed by atoms with Crippen LogP contribution < -0.4 is 9.47 Å². The number of Topliss-reactive ketones (excluding diaryl/α,β-unsaturated/α-hetero) is 1. The van der Waals surface area contributed by atoms with Gasteiger partial charge in [0, 0.05) is 25.2 Å². The number of methoxy groups -OCH3 is 2. The molecule has 2 aromatic carbocycles. The monoisotopic (exact) mass is 393 g/mol. The Hall–Kier alpha value is -2.63. The first-order chi connectivity index (χ1) is 14.1. The molecule has 1 N–H and O–H groups in total. The van der Waals surface area contributed by atoms with E-state index < -0.39 is 12.0 Å². The number of hydrogen-bond donors (Lipinski definition) is 1. The van der Waals surface area contributed by atoms with Crippen molar-refractivity contribution in [1.82, 2.24) is 4.90 Å². The molecule has 1 aliphatic carbocycles. The zero-order valence-corrected chi connectivity index (χ0v) is 16.9. The third-order valence-electron chi connectivity index (χ3n) is 5.99. The van der Waals surface area contributed by atoms with Gasteiger partial charge in [0.1, 0.15) is 0 Å². The van der Waals surface area contributed by atoms with Crippen LogP contribution >= 0.6 is 0 Å². The molecule has 2 aliphatic rings. The quantitative estimate of drug-likeness (QED) is 0.764. The van der Waals surface area contributed by atoms with E-state index in [-0.39, 0.29) is 5.78 Å². The molecule has 1 heterocycles. The largest absolute Gasteiger partial charge is 0.493 e. The van der Waals surface area contributed by atoms with Crippen LogP contribution in [0.3, 0.4) is 0 Å². The molecule has 0 spiro atoms. The summed E-state index contributed by atoms with van der Waals surface area (Å²) in [4.78, 5) is 15.3. The molecule has 1 aliphatic heterocycles. The third-order valence-corrected chi connectivity index (χ3v) is 5.99. The molecule has 0 saturated carbocycles. The van der Waals surface area contributed by atoms with Gasteiger partial charge >= 0.3 is 0 Å². The van der Waals surface area contributed by atoms with E-state index >= 15 is 0 Å². The van der Waals surface area contributed by atoms with Gasteiger partial charge in [-0.15, -0.1) is 0 Å². The van der Waals surface area contributed by atoms with Crippen molar-refractivity contribution in [2.24, 2.45) is 5.92 Å². The number of benzene rings is 2. The van der Waals surface area contributed by atoms with Crippen LogP contribution in [0.5, 0.6) is 11.5 Å². The fraction of sp³-hybridized carbons (Fsp3) is 0.375. The lowest BCUT2D eigenvalue weighted by molar-refractivity contribution is 0.0773. The van der Waals surface area contributed by atoms with Gasteiger partial charge in [0.15, 0.2) is 17.3 Å². The first-order valence-electron chi connectivity index (χ1n) is 10.0. The number of fused-ring (bicyclic) bond motifs is 1. The lowest BCUT2D eigenvalue weighted by atomic mass is 9.89. The van der Waals surface area contributed by atoms with Gasteiger partial charge < -0.3 is 14.6 Å². The zero-order valence-electron chi connectivity index (χ0n) is 16.9. The highest BCUT2D eigenvalue weighted by Crippen LogP contribution is 2.39. The summed E-state index contributed by atoms with van der Waals surface area (Å²) >= 11 is 0. The molecule has 0 amide bonds. The third kappa shape index (κ3) is 3.93. The minimum absolute atomic E-state index is 0.0129. The number of aliphatic hydroxyl groups excluding tert-OH is 1. The number of aliphatic hydroxyl groups is 1. The van der Waals surface area contributed by atoms with Crippen LogP contribution in [0.4, 0.5) is 0 Å². The smallest absolute Gasteiger partial charge is 0.169 e. The van der Waals surface area contributed by atoms with Crippen molar-refractivity contribution in [2.45, 2.75) is 25.5 Å². The summed E-state index contributed by atoms with van der Waals surface area (Å²) in [6.45, 7) is 2.57. The number of carbonyl (C=O) groups is 1. The minimum atomic E-state index is -0.745. The van der Waals surface area contributed by atoms with E-state index in [0.29, 0.717) is 23.5 Å². The summed E-state index contributed by atoms with van der Waals surface area (Å²) in [5.41, 5.74) is 3.81. The molecule has 29 heavy (non-hydrogen) atoms. The molecule has 0 bridgehead atoms. The summed E-state index contributed by atoms with van der Waals surface area (Å²) in [5.74, 6) is 0.709. The van der Waals surface area contributed by atoms with Gasteiger partial charge in [-0.25, -0.2) is 0 Å². The Morgan fingerprint density at radius 2 is 1.86 bits per heavy atom. The van der Waals surface area contributed by atoms with Gasteiger partial charge in [0.25, 0.3) is 0 Å². The zero-order chi connectivity index (χ0) is 20.4. The molecule has 0 unspecified atom stereocenters. The highest BCUT2D eigenvalue weighted by molar-refractivity contribution is 6.03. The molecular weight excluding hydrogens is 366 g/mol. The summed E-state index contributed by atoms with van der Waals surface area (Å²) in [7, 11) is 3.14. The van der Waals surface area contributed by atoms with Gasteiger partial charge in [-0.05, 0) is 41.7 Å². The topological polar surface area (TPSA) is 59.0 Å². The SMILES string of the molecule is COc1cc2c(cc1OC)C(=O)[C@@H]([C@@H](O)C1=CCN(Cc3ccccc3)CC1)C2. The average molecular weight is 393 g/mol. The fourth-order valence-electron chi connectivity index (χ4n) is 4.34. The molecule has 0 aromatic heterocycles. The standard InChI is InChI=1S/C24H27NO4/c1-28-21-13-18-12-20(24(27)19(18)14-22(21)29-2)23(26)17-8-10-25(11-9-17)15-16-6-4-3-5-7-16/h3-8,13-14,20,23,26H,9-12,15H2,1-2H3/t20-,23+/m1/s1. The molecule has 0 radical (unpaired) electrons. The highest BCUT2D eigenvalue weighted by Gasteiger charge is 2.38. The van der Waals surface area contributed by atoms with Crippen LogP contribution in [0.1, 0.15) is 27.9 Å². The molecule has 2 atom stereocenters. The van der Waals surface area contributed by atoms with Crippen LogP contribution in [0.2, 0.25) is 0 Å². The normalized spacial score (nSPS) is 20.2. The lowest BCUT2D eigenvalue weighted by Crippen LogP contribution is -2.34. The minimum Gasteiger partial charge on any atom is -0.493 e. The Morgan fingerprint density at radius 1 is 1.14 bits per heavy atom. The second kappa shape index (κ2) is 8.39. The number of ether oxygens (including phenoxy) is 2. The second-order valence-electron chi connectivity index (χ2n) is 7.73. The summed E-state index contributed by atoms with van der Waals surface area (Å²) in [6, 6.07) is 14.0. The van der Waals surface area contributed by atoms with E-state index in [1.165, 1.54) is 5.56 Å². The Balaban J connectivity index is 1.45. The Morgan fingerprint density at radius 3 is 2.52 bits per heavy atom. The number of nitrogens with zero attached hydrogens (tertiary/aromatic N) is 1. The van der Waals surface area contributed by atoms with Crippen molar-refractivity contribution in [3.05, 3.63) is 70.8 Å². The maximum atomic E-state index is 13.0. The van der Waals surface area contributed by atoms with Crippen molar-refractivity contribution in [1.29, 1.82) is 0 Å². The maximum absolute atomic E-state index is 13.0. The van der Waals surface area contributed by atoms with E-state index in [4.69, 9.17) is 9.47 Å².